The molecule has 0 saturated carbocycles. The normalized spacial score (nSPS) is 10.6. The number of nitrogens with zero attached hydrogens (tertiary/aromatic N) is 2. The third kappa shape index (κ3) is 1.01. The van der Waals surface area contributed by atoms with Crippen molar-refractivity contribution in [2.24, 2.45) is 0 Å². The monoisotopic (exact) mass is 128 g/mol. The Hall–Kier alpha value is -1.06. The van der Waals surface area contributed by atoms with Crippen LogP contribution in [0.15, 0.2) is 10.8 Å². The second kappa shape index (κ2) is 2.05. The molecule has 0 radical (unpaired) electrons. The maximum absolute atomic E-state index is 5.35. The fourth-order valence-corrected chi connectivity index (χ4v) is 0.630. The van der Waals surface area contributed by atoms with Crippen molar-refractivity contribution in [3.8, 4) is 0 Å². The molecule has 0 aromatic carbocycles. The largest absolute Gasteiger partial charge is 0.306 e. The summed E-state index contributed by atoms with van der Waals surface area (Å²) in [5.74, 6) is 5.72. The molecule has 1 aromatic heterocycles. The summed E-state index contributed by atoms with van der Waals surface area (Å²) in [6.45, 7) is 4.05. The van der Waals surface area contributed by atoms with Gasteiger partial charge >= 0.3 is 0 Å². The highest BCUT2D eigenvalue weighted by atomic mass is 16.5. The lowest BCUT2D eigenvalue weighted by Crippen LogP contribution is -2.49. The van der Waals surface area contributed by atoms with Crippen LogP contribution in [0, 0.1) is 0 Å². The first kappa shape index (κ1) is 6.07. The molecule has 50 valence electrons. The zero-order valence-electron chi connectivity index (χ0n) is 5.53. The lowest BCUT2D eigenvalue weighted by atomic mass is 10.2. The third-order valence-electron chi connectivity index (χ3n) is 1.16. The van der Waals surface area contributed by atoms with Crippen LogP contribution in [0.2, 0.25) is 0 Å². The lowest BCUT2D eigenvalue weighted by molar-refractivity contribution is -0.717. The molecule has 0 aliphatic heterocycles. The minimum absolute atomic E-state index is 0.362. The molecular weight excluding hydrogens is 118 g/mol. The first-order valence-electron chi connectivity index (χ1n) is 2.83. The topological polar surface area (TPSA) is 55.9 Å². The van der Waals surface area contributed by atoms with E-state index in [2.05, 4.69) is 9.79 Å². The standard InChI is InChI=1S/C5H10N3O/c1-4(2)5-3-9-7-8(5)6/h3-4H,1-2H3,(H2,6,7)/q+1. The van der Waals surface area contributed by atoms with E-state index in [0.29, 0.717) is 5.92 Å². The molecule has 0 unspecified atom stereocenters. The molecule has 1 aromatic rings. The van der Waals surface area contributed by atoms with Gasteiger partial charge in [-0.05, 0) is 0 Å². The summed E-state index contributed by atoms with van der Waals surface area (Å²) in [6.07, 6.45) is 1.55. The predicted molar refractivity (Wildman–Crippen MR) is 30.9 cm³/mol. The van der Waals surface area contributed by atoms with Crippen LogP contribution >= 0.6 is 0 Å². The van der Waals surface area contributed by atoms with Gasteiger partial charge in [0, 0.05) is 5.92 Å². The molecule has 2 N–H and O–H groups in total. The van der Waals surface area contributed by atoms with Crippen LogP contribution < -0.4 is 10.6 Å². The van der Waals surface area contributed by atoms with E-state index in [1.54, 1.807) is 6.26 Å². The Morgan fingerprint density at radius 3 is 2.67 bits per heavy atom. The molecule has 0 amide bonds. The average molecular weight is 128 g/mol. The van der Waals surface area contributed by atoms with Gasteiger partial charge in [-0.1, -0.05) is 13.8 Å². The van der Waals surface area contributed by atoms with E-state index in [0.717, 1.165) is 5.69 Å². The van der Waals surface area contributed by atoms with Gasteiger partial charge in [0.2, 0.25) is 11.5 Å². The molecule has 0 aliphatic carbocycles. The van der Waals surface area contributed by atoms with Crippen molar-refractivity contribution in [2.45, 2.75) is 19.8 Å². The Bertz CT molecular complexity index is 194. The van der Waals surface area contributed by atoms with E-state index in [1.807, 2.05) is 13.8 Å². The number of nitrogen functional groups attached to an aromatic ring is 1. The van der Waals surface area contributed by atoms with Crippen molar-refractivity contribution >= 4 is 0 Å². The summed E-state index contributed by atoms with van der Waals surface area (Å²) in [4.78, 5) is 1.24. The number of hydrogen-bond donors (Lipinski definition) is 1. The van der Waals surface area contributed by atoms with Gasteiger partial charge < -0.3 is 4.52 Å². The van der Waals surface area contributed by atoms with Crippen molar-refractivity contribution in [1.29, 1.82) is 0 Å². The highest BCUT2D eigenvalue weighted by molar-refractivity contribution is 4.88. The van der Waals surface area contributed by atoms with Gasteiger partial charge in [0.15, 0.2) is 0 Å². The highest BCUT2D eigenvalue weighted by Gasteiger charge is 2.16. The van der Waals surface area contributed by atoms with E-state index in [1.165, 1.54) is 4.79 Å². The smallest absolute Gasteiger partial charge is 0.285 e. The fourth-order valence-electron chi connectivity index (χ4n) is 0.630. The highest BCUT2D eigenvalue weighted by Crippen LogP contribution is 2.05. The summed E-state index contributed by atoms with van der Waals surface area (Å²) in [5.41, 5.74) is 0.898. The summed E-state index contributed by atoms with van der Waals surface area (Å²) in [6, 6.07) is 0. The van der Waals surface area contributed by atoms with E-state index in [4.69, 9.17) is 5.84 Å². The number of aromatic nitrogens is 2. The van der Waals surface area contributed by atoms with Crippen LogP contribution in [0.1, 0.15) is 25.5 Å². The van der Waals surface area contributed by atoms with Crippen LogP contribution in [0.5, 0.6) is 0 Å². The molecule has 4 heteroatoms. The third-order valence-corrected chi connectivity index (χ3v) is 1.16. The van der Waals surface area contributed by atoms with Gasteiger partial charge in [0.25, 0.3) is 5.69 Å². The van der Waals surface area contributed by atoms with Crippen molar-refractivity contribution in [2.75, 3.05) is 5.84 Å². The molecule has 4 nitrogen and oxygen atoms in total. The Labute approximate surface area is 53.2 Å². The molecular formula is C5H10N3O+. The van der Waals surface area contributed by atoms with Gasteiger partial charge in [-0.3, -0.25) is 0 Å². The quantitative estimate of drug-likeness (QED) is 0.421. The molecule has 0 spiro atoms. The molecule has 0 saturated heterocycles. The van der Waals surface area contributed by atoms with E-state index < -0.39 is 0 Å². The van der Waals surface area contributed by atoms with Gasteiger partial charge in [-0.2, -0.15) is 5.84 Å². The van der Waals surface area contributed by atoms with E-state index in [-0.39, 0.29) is 0 Å². The molecule has 0 bridgehead atoms. The lowest BCUT2D eigenvalue weighted by Gasteiger charge is -1.88. The molecule has 1 rings (SSSR count). The van der Waals surface area contributed by atoms with Gasteiger partial charge in [-0.15, -0.1) is 0 Å². The van der Waals surface area contributed by atoms with Gasteiger partial charge in [-0.25, -0.2) is 0 Å². The van der Waals surface area contributed by atoms with Crippen LogP contribution in [0.4, 0.5) is 0 Å². The summed E-state index contributed by atoms with van der Waals surface area (Å²) in [5, 5.41) is 3.46. The number of nitrogens with two attached hydrogens (primary N) is 1. The van der Waals surface area contributed by atoms with Crippen molar-refractivity contribution in [3.63, 3.8) is 0 Å². The molecule has 0 fully saturated rings. The molecule has 9 heavy (non-hydrogen) atoms. The zero-order chi connectivity index (χ0) is 6.85. The van der Waals surface area contributed by atoms with E-state index in [9.17, 15) is 0 Å². The zero-order valence-corrected chi connectivity index (χ0v) is 5.53. The van der Waals surface area contributed by atoms with Crippen LogP contribution in [0.25, 0.3) is 0 Å². The summed E-state index contributed by atoms with van der Waals surface area (Å²) in [7, 11) is 0. The van der Waals surface area contributed by atoms with Gasteiger partial charge in [0.05, 0.1) is 4.79 Å². The predicted octanol–water partition coefficient (Wildman–Crippen LogP) is -0.201. The number of hydrogen-bond acceptors (Lipinski definition) is 3. The first-order chi connectivity index (χ1) is 4.22. The van der Waals surface area contributed by atoms with Crippen LogP contribution in [-0.2, 0) is 0 Å². The maximum Gasteiger partial charge on any atom is 0.285 e. The number of rotatable bonds is 1. The SMILES string of the molecule is CC(C)c1con[n+]1N. The fraction of sp³-hybridized carbons (Fsp3) is 0.600. The van der Waals surface area contributed by atoms with Crippen molar-refractivity contribution < 1.29 is 9.31 Å². The van der Waals surface area contributed by atoms with E-state index >= 15 is 0 Å². The molecule has 0 aliphatic rings. The van der Waals surface area contributed by atoms with Crippen LogP contribution in [-0.4, -0.2) is 5.27 Å². The second-order valence-corrected chi connectivity index (χ2v) is 2.23. The molecule has 0 atom stereocenters. The Morgan fingerprint density at radius 2 is 2.44 bits per heavy atom. The minimum Gasteiger partial charge on any atom is -0.306 e. The Morgan fingerprint density at radius 1 is 1.78 bits per heavy atom. The van der Waals surface area contributed by atoms with Crippen LogP contribution in [0.3, 0.4) is 0 Å². The first-order valence-corrected chi connectivity index (χ1v) is 2.83. The van der Waals surface area contributed by atoms with Crippen molar-refractivity contribution in [3.05, 3.63) is 12.0 Å². The second-order valence-electron chi connectivity index (χ2n) is 2.23. The Balaban J connectivity index is 2.94. The van der Waals surface area contributed by atoms with Crippen molar-refractivity contribution in [1.82, 2.24) is 5.27 Å². The Kier molecular flexibility index (Phi) is 1.38. The maximum atomic E-state index is 5.35. The summed E-state index contributed by atoms with van der Waals surface area (Å²) < 4.78 is 4.59. The molecule has 1 heterocycles. The average Bonchev–Trinajstić information content (AvgIpc) is 2.13. The summed E-state index contributed by atoms with van der Waals surface area (Å²) >= 11 is 0. The minimum atomic E-state index is 0.362. The van der Waals surface area contributed by atoms with Gasteiger partial charge in [0.1, 0.15) is 0 Å².